The maximum atomic E-state index is 9.09. The van der Waals surface area contributed by atoms with Crippen LogP contribution in [0.25, 0.3) is 0 Å². The van der Waals surface area contributed by atoms with E-state index in [0.29, 0.717) is 0 Å². The van der Waals surface area contributed by atoms with E-state index in [-0.39, 0.29) is 0 Å². The summed E-state index contributed by atoms with van der Waals surface area (Å²) in [5.41, 5.74) is 0. The average molecular weight is 196 g/mol. The van der Waals surface area contributed by atoms with Crippen molar-refractivity contribution in [3.63, 3.8) is 0 Å². The van der Waals surface area contributed by atoms with Gasteiger partial charge < -0.3 is 5.11 Å². The Balaban J connectivity index is 2.96. The van der Waals surface area contributed by atoms with Crippen molar-refractivity contribution in [1.82, 2.24) is 0 Å². The molecule has 0 amide bonds. The van der Waals surface area contributed by atoms with Gasteiger partial charge in [0.2, 0.25) is 0 Å². The molecule has 0 unspecified atom stereocenters. The zero-order valence-corrected chi connectivity index (χ0v) is 9.47. The van der Waals surface area contributed by atoms with Crippen molar-refractivity contribution in [2.75, 3.05) is 0 Å². The SMILES string of the molecule is C#C[C@@H](O)CCCCCCCCCC. The maximum Gasteiger partial charge on any atom is 0.114 e. The molecule has 0 fully saturated rings. The summed E-state index contributed by atoms with van der Waals surface area (Å²) in [7, 11) is 0. The first-order valence-corrected chi connectivity index (χ1v) is 5.95. The lowest BCUT2D eigenvalue weighted by Gasteiger charge is -2.03. The first-order chi connectivity index (χ1) is 6.81. The highest BCUT2D eigenvalue weighted by molar-refractivity contribution is 4.92. The zero-order valence-electron chi connectivity index (χ0n) is 9.47. The molecule has 0 saturated carbocycles. The van der Waals surface area contributed by atoms with Crippen molar-refractivity contribution < 1.29 is 5.11 Å². The number of terminal acetylenes is 1. The summed E-state index contributed by atoms with van der Waals surface area (Å²) < 4.78 is 0. The van der Waals surface area contributed by atoms with Gasteiger partial charge >= 0.3 is 0 Å². The van der Waals surface area contributed by atoms with Crippen LogP contribution in [-0.2, 0) is 0 Å². The van der Waals surface area contributed by atoms with E-state index in [0.717, 1.165) is 12.8 Å². The minimum atomic E-state index is -0.518. The fourth-order valence-electron chi connectivity index (χ4n) is 1.55. The Labute approximate surface area is 88.9 Å². The van der Waals surface area contributed by atoms with E-state index in [9.17, 15) is 0 Å². The van der Waals surface area contributed by atoms with E-state index in [1.54, 1.807) is 0 Å². The Morgan fingerprint density at radius 1 is 1.00 bits per heavy atom. The second-order valence-electron chi connectivity index (χ2n) is 3.95. The Bertz CT molecular complexity index is 146. The molecule has 0 aromatic heterocycles. The zero-order chi connectivity index (χ0) is 10.6. The van der Waals surface area contributed by atoms with Gasteiger partial charge in [-0.05, 0) is 12.8 Å². The molecule has 0 aliphatic carbocycles. The maximum absolute atomic E-state index is 9.09. The van der Waals surface area contributed by atoms with Crippen molar-refractivity contribution in [3.8, 4) is 12.3 Å². The van der Waals surface area contributed by atoms with Crippen LogP contribution in [0.4, 0.5) is 0 Å². The fraction of sp³-hybridized carbons (Fsp3) is 0.846. The third-order valence-corrected chi connectivity index (χ3v) is 2.52. The second-order valence-corrected chi connectivity index (χ2v) is 3.95. The molecule has 82 valence electrons. The summed E-state index contributed by atoms with van der Waals surface area (Å²) >= 11 is 0. The Morgan fingerprint density at radius 2 is 1.50 bits per heavy atom. The average Bonchev–Trinajstić information content (AvgIpc) is 2.21. The molecule has 0 bridgehead atoms. The monoisotopic (exact) mass is 196 g/mol. The molecular weight excluding hydrogens is 172 g/mol. The molecule has 0 spiro atoms. The topological polar surface area (TPSA) is 20.2 Å². The highest BCUT2D eigenvalue weighted by atomic mass is 16.3. The van der Waals surface area contributed by atoms with Gasteiger partial charge in [0.1, 0.15) is 6.10 Å². The minimum Gasteiger partial charge on any atom is -0.380 e. The standard InChI is InChI=1S/C13H24O/c1-3-5-6-7-8-9-10-11-12-13(14)4-2/h2,13-14H,3,5-12H2,1H3/t13-/m1/s1. The van der Waals surface area contributed by atoms with Crippen molar-refractivity contribution in [2.24, 2.45) is 0 Å². The highest BCUT2D eigenvalue weighted by Crippen LogP contribution is 2.10. The smallest absolute Gasteiger partial charge is 0.114 e. The molecule has 0 heterocycles. The van der Waals surface area contributed by atoms with Gasteiger partial charge in [0.15, 0.2) is 0 Å². The Morgan fingerprint density at radius 3 is 2.00 bits per heavy atom. The first kappa shape index (κ1) is 13.5. The molecule has 0 aromatic carbocycles. The van der Waals surface area contributed by atoms with E-state index in [4.69, 9.17) is 11.5 Å². The third kappa shape index (κ3) is 9.61. The summed E-state index contributed by atoms with van der Waals surface area (Å²) in [5.74, 6) is 2.34. The molecule has 0 rings (SSSR count). The van der Waals surface area contributed by atoms with E-state index in [1.807, 2.05) is 0 Å². The predicted octanol–water partition coefficient (Wildman–Crippen LogP) is 3.51. The molecule has 1 nitrogen and oxygen atoms in total. The lowest BCUT2D eigenvalue weighted by Crippen LogP contribution is -2.01. The van der Waals surface area contributed by atoms with Crippen molar-refractivity contribution in [3.05, 3.63) is 0 Å². The summed E-state index contributed by atoms with van der Waals surface area (Å²) in [6.45, 7) is 2.24. The van der Waals surface area contributed by atoms with Gasteiger partial charge in [-0.2, -0.15) is 0 Å². The largest absolute Gasteiger partial charge is 0.380 e. The van der Waals surface area contributed by atoms with Crippen LogP contribution < -0.4 is 0 Å². The van der Waals surface area contributed by atoms with Gasteiger partial charge in [-0.1, -0.05) is 57.8 Å². The van der Waals surface area contributed by atoms with Crippen LogP contribution in [-0.4, -0.2) is 11.2 Å². The number of aliphatic hydroxyl groups excluding tert-OH is 1. The van der Waals surface area contributed by atoms with Gasteiger partial charge in [0, 0.05) is 0 Å². The van der Waals surface area contributed by atoms with Crippen LogP contribution in [0.2, 0.25) is 0 Å². The van der Waals surface area contributed by atoms with E-state index in [1.165, 1.54) is 44.9 Å². The van der Waals surface area contributed by atoms with Gasteiger partial charge in [0.05, 0.1) is 0 Å². The van der Waals surface area contributed by atoms with Crippen LogP contribution in [0.5, 0.6) is 0 Å². The first-order valence-electron chi connectivity index (χ1n) is 5.95. The van der Waals surface area contributed by atoms with Crippen LogP contribution in [0.1, 0.15) is 64.7 Å². The Kier molecular flexibility index (Phi) is 10.2. The lowest BCUT2D eigenvalue weighted by molar-refractivity contribution is 0.217. The molecule has 0 radical (unpaired) electrons. The van der Waals surface area contributed by atoms with Gasteiger partial charge in [-0.3, -0.25) is 0 Å². The summed E-state index contributed by atoms with van der Waals surface area (Å²) in [6, 6.07) is 0. The molecule has 0 aliphatic heterocycles. The molecule has 14 heavy (non-hydrogen) atoms. The number of aliphatic hydroxyl groups is 1. The summed E-state index contributed by atoms with van der Waals surface area (Å²) in [5, 5.41) is 9.09. The third-order valence-electron chi connectivity index (χ3n) is 2.52. The second kappa shape index (κ2) is 10.6. The number of rotatable bonds is 9. The molecule has 0 aliphatic rings. The van der Waals surface area contributed by atoms with E-state index < -0.39 is 6.10 Å². The lowest BCUT2D eigenvalue weighted by atomic mass is 10.1. The van der Waals surface area contributed by atoms with Gasteiger partial charge in [-0.25, -0.2) is 0 Å². The van der Waals surface area contributed by atoms with Gasteiger partial charge in [0.25, 0.3) is 0 Å². The Hall–Kier alpha value is -0.480. The van der Waals surface area contributed by atoms with Crippen LogP contribution >= 0.6 is 0 Å². The quantitative estimate of drug-likeness (QED) is 0.442. The molecular formula is C13H24O. The predicted molar refractivity (Wildman–Crippen MR) is 62.1 cm³/mol. The summed E-state index contributed by atoms with van der Waals surface area (Å²) in [4.78, 5) is 0. The van der Waals surface area contributed by atoms with E-state index >= 15 is 0 Å². The molecule has 0 saturated heterocycles. The van der Waals surface area contributed by atoms with Crippen LogP contribution in [0.3, 0.4) is 0 Å². The molecule has 1 N–H and O–H groups in total. The van der Waals surface area contributed by atoms with Crippen LogP contribution in [0.15, 0.2) is 0 Å². The van der Waals surface area contributed by atoms with Gasteiger partial charge in [-0.15, -0.1) is 6.42 Å². The van der Waals surface area contributed by atoms with Crippen molar-refractivity contribution in [1.29, 1.82) is 0 Å². The highest BCUT2D eigenvalue weighted by Gasteiger charge is 1.97. The molecule has 1 heteroatoms. The van der Waals surface area contributed by atoms with Crippen molar-refractivity contribution >= 4 is 0 Å². The van der Waals surface area contributed by atoms with Crippen molar-refractivity contribution in [2.45, 2.75) is 70.8 Å². The number of unbranched alkanes of at least 4 members (excludes halogenated alkanes) is 7. The number of hydrogen-bond donors (Lipinski definition) is 1. The number of hydrogen-bond acceptors (Lipinski definition) is 1. The molecule has 0 aromatic rings. The normalized spacial score (nSPS) is 12.4. The summed E-state index contributed by atoms with van der Waals surface area (Å²) in [6.07, 6.45) is 15.7. The van der Waals surface area contributed by atoms with E-state index in [2.05, 4.69) is 12.8 Å². The van der Waals surface area contributed by atoms with Crippen LogP contribution in [0, 0.1) is 12.3 Å². The fourth-order valence-corrected chi connectivity index (χ4v) is 1.55. The molecule has 1 atom stereocenters. The minimum absolute atomic E-state index is 0.518.